The molecule has 0 aliphatic rings. The molecule has 15 heavy (non-hydrogen) atoms. The first-order valence-corrected chi connectivity index (χ1v) is 5.47. The summed E-state index contributed by atoms with van der Waals surface area (Å²) in [5, 5.41) is 0.738. The van der Waals surface area contributed by atoms with E-state index < -0.39 is 0 Å². The molecule has 2 aromatic rings. The summed E-state index contributed by atoms with van der Waals surface area (Å²) in [6.07, 6.45) is 3.42. The molecule has 0 unspecified atom stereocenters. The van der Waals surface area contributed by atoms with E-state index in [1.54, 1.807) is 30.6 Å². The van der Waals surface area contributed by atoms with Crippen molar-refractivity contribution in [2.75, 3.05) is 0 Å². The average Bonchev–Trinajstić information content (AvgIpc) is 2.30. The summed E-state index contributed by atoms with van der Waals surface area (Å²) in [5.41, 5.74) is 1.06. The summed E-state index contributed by atoms with van der Waals surface area (Å²) in [6.45, 7) is 0. The van der Waals surface area contributed by atoms with Gasteiger partial charge < -0.3 is 0 Å². The Labute approximate surface area is 91.6 Å². The number of benzene rings is 1. The maximum absolute atomic E-state index is 12.6. The largest absolute Gasteiger partial charge is 0.231 e. The van der Waals surface area contributed by atoms with Crippen LogP contribution in [0.1, 0.15) is 5.56 Å². The number of rotatable bonds is 3. The standard InChI is InChI=1S/C11H9FN2S/c12-10-4-2-9(3-5-10)8-15-11-13-6-1-7-14-11/h1-7H,8H2. The van der Waals surface area contributed by atoms with Gasteiger partial charge in [0.25, 0.3) is 0 Å². The molecule has 2 nitrogen and oxygen atoms in total. The molecule has 1 heterocycles. The van der Waals surface area contributed by atoms with E-state index in [0.717, 1.165) is 16.5 Å². The molecule has 0 spiro atoms. The maximum Gasteiger partial charge on any atom is 0.187 e. The number of nitrogens with zero attached hydrogens (tertiary/aromatic N) is 2. The molecule has 0 radical (unpaired) electrons. The van der Waals surface area contributed by atoms with Crippen LogP contribution >= 0.6 is 11.8 Å². The molecule has 1 aromatic carbocycles. The van der Waals surface area contributed by atoms with Crippen molar-refractivity contribution in [1.29, 1.82) is 0 Å². The van der Waals surface area contributed by atoms with E-state index in [0.29, 0.717) is 0 Å². The second-order valence-electron chi connectivity index (χ2n) is 2.95. The second-order valence-corrected chi connectivity index (χ2v) is 3.89. The molecule has 0 fully saturated rings. The van der Waals surface area contributed by atoms with Crippen LogP contribution in [-0.4, -0.2) is 9.97 Å². The quantitative estimate of drug-likeness (QED) is 0.587. The molecule has 0 bridgehead atoms. The molecular formula is C11H9FN2S. The third-order valence-corrected chi connectivity index (χ3v) is 2.77. The van der Waals surface area contributed by atoms with Crippen LogP contribution in [-0.2, 0) is 5.75 Å². The zero-order valence-corrected chi connectivity index (χ0v) is 8.75. The van der Waals surface area contributed by atoms with E-state index in [2.05, 4.69) is 9.97 Å². The van der Waals surface area contributed by atoms with Gasteiger partial charge in [-0.15, -0.1) is 0 Å². The van der Waals surface area contributed by atoms with Crippen LogP contribution < -0.4 is 0 Å². The van der Waals surface area contributed by atoms with E-state index >= 15 is 0 Å². The Hall–Kier alpha value is -1.42. The smallest absolute Gasteiger partial charge is 0.187 e. The first kappa shape index (κ1) is 10.1. The Morgan fingerprint density at radius 2 is 1.73 bits per heavy atom. The van der Waals surface area contributed by atoms with E-state index in [9.17, 15) is 4.39 Å². The lowest BCUT2D eigenvalue weighted by Crippen LogP contribution is -1.85. The number of thioether (sulfide) groups is 1. The molecule has 0 aliphatic carbocycles. The summed E-state index contributed by atoms with van der Waals surface area (Å²) in [4.78, 5) is 8.18. The lowest BCUT2D eigenvalue weighted by Gasteiger charge is -1.99. The SMILES string of the molecule is Fc1ccc(CSc2ncccn2)cc1. The van der Waals surface area contributed by atoms with Crippen molar-refractivity contribution in [3.8, 4) is 0 Å². The fourth-order valence-electron chi connectivity index (χ4n) is 1.09. The molecule has 0 atom stereocenters. The maximum atomic E-state index is 12.6. The highest BCUT2D eigenvalue weighted by atomic mass is 32.2. The molecule has 0 aliphatic heterocycles. The monoisotopic (exact) mass is 220 g/mol. The minimum absolute atomic E-state index is 0.209. The fourth-order valence-corrected chi connectivity index (χ4v) is 1.85. The number of aromatic nitrogens is 2. The van der Waals surface area contributed by atoms with Crippen molar-refractivity contribution < 1.29 is 4.39 Å². The van der Waals surface area contributed by atoms with E-state index in [-0.39, 0.29) is 5.82 Å². The van der Waals surface area contributed by atoms with Crippen LogP contribution in [0.4, 0.5) is 4.39 Å². The second kappa shape index (κ2) is 4.89. The first-order chi connectivity index (χ1) is 7.34. The fraction of sp³-hybridized carbons (Fsp3) is 0.0909. The highest BCUT2D eigenvalue weighted by Crippen LogP contribution is 2.18. The van der Waals surface area contributed by atoms with Gasteiger partial charge in [-0.3, -0.25) is 0 Å². The van der Waals surface area contributed by atoms with Crippen molar-refractivity contribution in [3.05, 3.63) is 54.1 Å². The normalized spacial score (nSPS) is 10.2. The molecule has 0 amide bonds. The lowest BCUT2D eigenvalue weighted by atomic mass is 10.2. The average molecular weight is 220 g/mol. The van der Waals surface area contributed by atoms with Gasteiger partial charge in [-0.05, 0) is 23.8 Å². The van der Waals surface area contributed by atoms with Crippen LogP contribution in [0.15, 0.2) is 47.9 Å². The van der Waals surface area contributed by atoms with Gasteiger partial charge in [0.2, 0.25) is 0 Å². The minimum atomic E-state index is -0.209. The Balaban J connectivity index is 1.96. The highest BCUT2D eigenvalue weighted by Gasteiger charge is 1.98. The van der Waals surface area contributed by atoms with Crippen molar-refractivity contribution >= 4 is 11.8 Å². The van der Waals surface area contributed by atoms with Crippen LogP contribution in [0.2, 0.25) is 0 Å². The third-order valence-electron chi connectivity index (χ3n) is 1.82. The molecular weight excluding hydrogens is 211 g/mol. The molecule has 0 N–H and O–H groups in total. The third kappa shape index (κ3) is 3.02. The summed E-state index contributed by atoms with van der Waals surface area (Å²) < 4.78 is 12.6. The molecule has 1 aromatic heterocycles. The zero-order chi connectivity index (χ0) is 10.5. The summed E-state index contributed by atoms with van der Waals surface area (Å²) >= 11 is 1.53. The Morgan fingerprint density at radius 1 is 1.07 bits per heavy atom. The molecule has 76 valence electrons. The summed E-state index contributed by atoms with van der Waals surface area (Å²) in [5.74, 6) is 0.546. The van der Waals surface area contributed by atoms with Crippen molar-refractivity contribution in [2.24, 2.45) is 0 Å². The van der Waals surface area contributed by atoms with E-state index in [1.165, 1.54) is 23.9 Å². The molecule has 2 rings (SSSR count). The van der Waals surface area contributed by atoms with Gasteiger partial charge in [-0.25, -0.2) is 14.4 Å². The molecule has 0 saturated carbocycles. The van der Waals surface area contributed by atoms with Crippen molar-refractivity contribution in [1.82, 2.24) is 9.97 Å². The number of hydrogen-bond acceptors (Lipinski definition) is 3. The topological polar surface area (TPSA) is 25.8 Å². The van der Waals surface area contributed by atoms with Gasteiger partial charge in [0, 0.05) is 18.1 Å². The van der Waals surface area contributed by atoms with Gasteiger partial charge >= 0.3 is 0 Å². The predicted octanol–water partition coefficient (Wildman–Crippen LogP) is 2.91. The van der Waals surface area contributed by atoms with Crippen LogP contribution in [0.5, 0.6) is 0 Å². The van der Waals surface area contributed by atoms with Gasteiger partial charge in [0.1, 0.15) is 5.82 Å². The van der Waals surface area contributed by atoms with E-state index in [1.807, 2.05) is 0 Å². The van der Waals surface area contributed by atoms with E-state index in [4.69, 9.17) is 0 Å². The summed E-state index contributed by atoms with van der Waals surface area (Å²) in [6, 6.07) is 8.24. The van der Waals surface area contributed by atoms with Gasteiger partial charge in [0.15, 0.2) is 5.16 Å². The summed E-state index contributed by atoms with van der Waals surface area (Å²) in [7, 11) is 0. The van der Waals surface area contributed by atoms with Gasteiger partial charge in [-0.2, -0.15) is 0 Å². The highest BCUT2D eigenvalue weighted by molar-refractivity contribution is 7.98. The van der Waals surface area contributed by atoms with Crippen LogP contribution in [0, 0.1) is 5.82 Å². The number of halogens is 1. The van der Waals surface area contributed by atoms with Crippen LogP contribution in [0.25, 0.3) is 0 Å². The Kier molecular flexibility index (Phi) is 3.29. The molecule has 0 saturated heterocycles. The van der Waals surface area contributed by atoms with Gasteiger partial charge in [0.05, 0.1) is 0 Å². The van der Waals surface area contributed by atoms with Gasteiger partial charge in [-0.1, -0.05) is 23.9 Å². The number of hydrogen-bond donors (Lipinski definition) is 0. The van der Waals surface area contributed by atoms with Crippen molar-refractivity contribution in [2.45, 2.75) is 10.9 Å². The zero-order valence-electron chi connectivity index (χ0n) is 7.93. The van der Waals surface area contributed by atoms with Crippen LogP contribution in [0.3, 0.4) is 0 Å². The first-order valence-electron chi connectivity index (χ1n) is 4.49. The Morgan fingerprint density at radius 3 is 2.40 bits per heavy atom. The Bertz CT molecular complexity index is 416. The minimum Gasteiger partial charge on any atom is -0.231 e. The lowest BCUT2D eigenvalue weighted by molar-refractivity contribution is 0.627. The molecule has 4 heteroatoms. The predicted molar refractivity (Wildman–Crippen MR) is 58.0 cm³/mol. The van der Waals surface area contributed by atoms with Crippen molar-refractivity contribution in [3.63, 3.8) is 0 Å².